The standard InChI is InChI=1S/C18H22N4O3S/c1-21-10-13(19-20-21)14-9-18(5-6-22(14)17(23)24)16-12(4-7-25-18)8-15(26-16)11-2-3-11/h8,10-11,14H,2-7,9H2,1H3,(H,23,24)/t14-,18?/m0/s1. The van der Waals surface area contributed by atoms with E-state index in [9.17, 15) is 9.90 Å². The van der Waals surface area contributed by atoms with E-state index < -0.39 is 6.09 Å². The van der Waals surface area contributed by atoms with Crippen molar-refractivity contribution in [2.45, 2.75) is 49.7 Å². The average Bonchev–Trinajstić information content (AvgIpc) is 3.22. The van der Waals surface area contributed by atoms with Gasteiger partial charge in [-0.25, -0.2) is 4.79 Å². The van der Waals surface area contributed by atoms with Crippen LogP contribution in [0.5, 0.6) is 0 Å². The molecule has 1 saturated carbocycles. The molecular formula is C18H22N4O3S. The third-order valence-corrected chi connectivity index (χ3v) is 7.36. The fourth-order valence-electron chi connectivity index (χ4n) is 4.34. The Morgan fingerprint density at radius 3 is 3.00 bits per heavy atom. The van der Waals surface area contributed by atoms with Gasteiger partial charge in [-0.05, 0) is 43.2 Å². The molecule has 1 saturated heterocycles. The fourth-order valence-corrected chi connectivity index (χ4v) is 5.90. The Labute approximate surface area is 155 Å². The van der Waals surface area contributed by atoms with E-state index in [-0.39, 0.29) is 11.6 Å². The molecule has 26 heavy (non-hydrogen) atoms. The summed E-state index contributed by atoms with van der Waals surface area (Å²) in [7, 11) is 1.80. The molecule has 7 nitrogen and oxygen atoms in total. The summed E-state index contributed by atoms with van der Waals surface area (Å²) < 4.78 is 7.99. The van der Waals surface area contributed by atoms with Crippen LogP contribution in [0.2, 0.25) is 0 Å². The Balaban J connectivity index is 1.53. The van der Waals surface area contributed by atoms with Gasteiger partial charge < -0.3 is 9.84 Å². The van der Waals surface area contributed by atoms with Crippen LogP contribution in [0, 0.1) is 0 Å². The maximum absolute atomic E-state index is 11.8. The molecule has 8 heteroatoms. The highest BCUT2D eigenvalue weighted by Gasteiger charge is 2.48. The molecule has 5 rings (SSSR count). The average molecular weight is 374 g/mol. The molecular weight excluding hydrogens is 352 g/mol. The number of aromatic nitrogens is 3. The number of likely N-dealkylation sites (tertiary alicyclic amines) is 1. The molecule has 4 heterocycles. The van der Waals surface area contributed by atoms with Gasteiger partial charge in [0, 0.05) is 29.8 Å². The van der Waals surface area contributed by atoms with E-state index in [1.807, 2.05) is 17.5 Å². The third-order valence-electron chi connectivity index (χ3n) is 5.83. The number of piperidine rings is 1. The van der Waals surface area contributed by atoms with Crippen LogP contribution in [0.3, 0.4) is 0 Å². The fraction of sp³-hybridized carbons (Fsp3) is 0.611. The van der Waals surface area contributed by atoms with Gasteiger partial charge in [0.05, 0.1) is 18.8 Å². The lowest BCUT2D eigenvalue weighted by Crippen LogP contribution is -2.49. The lowest BCUT2D eigenvalue weighted by molar-refractivity contribution is -0.107. The van der Waals surface area contributed by atoms with Gasteiger partial charge in [-0.15, -0.1) is 16.4 Å². The molecule has 2 aromatic heterocycles. The van der Waals surface area contributed by atoms with Gasteiger partial charge in [0.25, 0.3) is 0 Å². The van der Waals surface area contributed by atoms with Gasteiger partial charge >= 0.3 is 6.09 Å². The summed E-state index contributed by atoms with van der Waals surface area (Å²) >= 11 is 1.89. The first kappa shape index (κ1) is 16.3. The minimum absolute atomic E-state index is 0.327. The summed E-state index contributed by atoms with van der Waals surface area (Å²) in [6.45, 7) is 1.15. The number of amides is 1. The molecule has 2 aliphatic heterocycles. The van der Waals surface area contributed by atoms with Crippen LogP contribution in [-0.2, 0) is 23.8 Å². The van der Waals surface area contributed by atoms with Crippen LogP contribution in [-0.4, -0.2) is 44.2 Å². The topological polar surface area (TPSA) is 80.5 Å². The van der Waals surface area contributed by atoms with Gasteiger partial charge in [0.15, 0.2) is 0 Å². The number of carboxylic acid groups (broad SMARTS) is 1. The van der Waals surface area contributed by atoms with Crippen molar-refractivity contribution >= 4 is 17.4 Å². The Morgan fingerprint density at radius 1 is 1.46 bits per heavy atom. The van der Waals surface area contributed by atoms with Gasteiger partial charge in [0.2, 0.25) is 0 Å². The molecule has 0 aromatic carbocycles. The number of ether oxygens (including phenoxy) is 1. The molecule has 2 fully saturated rings. The molecule has 1 spiro atoms. The number of nitrogens with zero attached hydrogens (tertiary/aromatic N) is 4. The van der Waals surface area contributed by atoms with Gasteiger partial charge in [0.1, 0.15) is 11.3 Å². The first-order chi connectivity index (χ1) is 12.6. The highest BCUT2D eigenvalue weighted by molar-refractivity contribution is 7.12. The SMILES string of the molecule is Cn1cc([C@@H]2CC3(CCN2C(=O)O)OCCc2cc(C4CC4)sc23)nn1. The zero-order valence-electron chi connectivity index (χ0n) is 14.7. The summed E-state index contributed by atoms with van der Waals surface area (Å²) in [5, 5.41) is 17.9. The molecule has 2 atom stereocenters. The first-order valence-electron chi connectivity index (χ1n) is 9.18. The molecule has 1 amide bonds. The van der Waals surface area contributed by atoms with Crippen LogP contribution in [0.25, 0.3) is 0 Å². The van der Waals surface area contributed by atoms with Crippen molar-refractivity contribution in [2.24, 2.45) is 7.05 Å². The Bertz CT molecular complexity index is 858. The normalized spacial score (nSPS) is 28.3. The first-order valence-corrected chi connectivity index (χ1v) is 10.0. The lowest BCUT2D eigenvalue weighted by Gasteiger charge is -2.46. The summed E-state index contributed by atoms with van der Waals surface area (Å²) in [5.74, 6) is 0.734. The second kappa shape index (κ2) is 5.79. The van der Waals surface area contributed by atoms with Gasteiger partial charge in [-0.1, -0.05) is 5.21 Å². The van der Waals surface area contributed by atoms with Crippen molar-refractivity contribution in [1.29, 1.82) is 0 Å². The summed E-state index contributed by atoms with van der Waals surface area (Å²) in [5.41, 5.74) is 1.72. The molecule has 2 aromatic rings. The Kier molecular flexibility index (Phi) is 3.62. The Morgan fingerprint density at radius 2 is 2.31 bits per heavy atom. The van der Waals surface area contributed by atoms with E-state index in [1.165, 1.54) is 33.1 Å². The smallest absolute Gasteiger partial charge is 0.407 e. The number of hydrogen-bond donors (Lipinski definition) is 1. The zero-order chi connectivity index (χ0) is 17.9. The minimum atomic E-state index is -0.906. The number of aryl methyl sites for hydroxylation is 1. The van der Waals surface area contributed by atoms with Crippen LogP contribution in [0.15, 0.2) is 12.3 Å². The quantitative estimate of drug-likeness (QED) is 0.874. The number of hydrogen-bond acceptors (Lipinski definition) is 5. The highest BCUT2D eigenvalue weighted by Crippen LogP contribution is 2.53. The molecule has 0 radical (unpaired) electrons. The number of carbonyl (C=O) groups is 1. The predicted octanol–water partition coefficient (Wildman–Crippen LogP) is 3.04. The molecule has 1 unspecified atom stereocenters. The van der Waals surface area contributed by atoms with E-state index in [1.54, 1.807) is 11.7 Å². The van der Waals surface area contributed by atoms with Crippen LogP contribution in [0.4, 0.5) is 4.79 Å². The van der Waals surface area contributed by atoms with E-state index in [2.05, 4.69) is 16.4 Å². The number of thiophene rings is 1. The van der Waals surface area contributed by atoms with Crippen molar-refractivity contribution in [3.63, 3.8) is 0 Å². The zero-order valence-corrected chi connectivity index (χ0v) is 15.5. The summed E-state index contributed by atoms with van der Waals surface area (Å²) in [6, 6.07) is 2.05. The number of rotatable bonds is 2. The van der Waals surface area contributed by atoms with Gasteiger partial charge in [-0.3, -0.25) is 9.58 Å². The molecule has 0 bridgehead atoms. The molecule has 138 valence electrons. The monoisotopic (exact) mass is 374 g/mol. The summed E-state index contributed by atoms with van der Waals surface area (Å²) in [6.07, 6.45) is 5.76. The maximum atomic E-state index is 11.8. The number of fused-ring (bicyclic) bond motifs is 2. The summed E-state index contributed by atoms with van der Waals surface area (Å²) in [4.78, 5) is 16.1. The van der Waals surface area contributed by atoms with E-state index in [0.717, 1.165) is 12.3 Å². The Hall–Kier alpha value is -1.93. The van der Waals surface area contributed by atoms with Crippen molar-refractivity contribution in [1.82, 2.24) is 19.9 Å². The van der Waals surface area contributed by atoms with E-state index in [0.29, 0.717) is 31.7 Å². The van der Waals surface area contributed by atoms with E-state index >= 15 is 0 Å². The van der Waals surface area contributed by atoms with Crippen molar-refractivity contribution < 1.29 is 14.6 Å². The van der Waals surface area contributed by atoms with Crippen molar-refractivity contribution in [3.05, 3.63) is 33.3 Å². The molecule has 1 aliphatic carbocycles. The van der Waals surface area contributed by atoms with Crippen LogP contribution < -0.4 is 0 Å². The second-order valence-corrected chi connectivity index (χ2v) is 8.72. The van der Waals surface area contributed by atoms with E-state index in [4.69, 9.17) is 4.74 Å². The lowest BCUT2D eigenvalue weighted by atomic mass is 9.81. The van der Waals surface area contributed by atoms with Crippen molar-refractivity contribution in [3.8, 4) is 0 Å². The second-order valence-electron chi connectivity index (χ2n) is 7.63. The highest BCUT2D eigenvalue weighted by atomic mass is 32.1. The minimum Gasteiger partial charge on any atom is -0.465 e. The predicted molar refractivity (Wildman–Crippen MR) is 95.3 cm³/mol. The van der Waals surface area contributed by atoms with Gasteiger partial charge in [-0.2, -0.15) is 0 Å². The van der Waals surface area contributed by atoms with Crippen molar-refractivity contribution in [2.75, 3.05) is 13.2 Å². The molecule has 1 N–H and O–H groups in total. The third kappa shape index (κ3) is 2.54. The molecule has 3 aliphatic rings. The largest absolute Gasteiger partial charge is 0.465 e. The maximum Gasteiger partial charge on any atom is 0.407 e. The van der Waals surface area contributed by atoms with Crippen LogP contribution >= 0.6 is 11.3 Å². The van der Waals surface area contributed by atoms with Crippen LogP contribution in [0.1, 0.15) is 58.7 Å².